The van der Waals surface area contributed by atoms with Crippen LogP contribution in [-0.4, -0.2) is 39.7 Å². The van der Waals surface area contributed by atoms with E-state index in [1.54, 1.807) is 0 Å². The van der Waals surface area contributed by atoms with Gasteiger partial charge >= 0.3 is 0 Å². The summed E-state index contributed by atoms with van der Waals surface area (Å²) < 4.78 is 11.2. The summed E-state index contributed by atoms with van der Waals surface area (Å²) in [7, 11) is -0.658. The second-order valence-electron chi connectivity index (χ2n) is 5.31. The molecule has 2 rings (SSSR count). The zero-order chi connectivity index (χ0) is 12.3. The van der Waals surface area contributed by atoms with Gasteiger partial charge < -0.3 is 10.6 Å². The maximum atomic E-state index is 12.2. The fraction of sp³-hybridized carbons (Fsp3) is 0.917. The lowest BCUT2D eigenvalue weighted by Gasteiger charge is -2.35. The van der Waals surface area contributed by atoms with Crippen molar-refractivity contribution in [2.45, 2.75) is 50.6 Å². The van der Waals surface area contributed by atoms with E-state index in [1.807, 2.05) is 6.92 Å². The van der Waals surface area contributed by atoms with Crippen molar-refractivity contribution >= 4 is 16.7 Å². The number of rotatable bonds is 2. The molecule has 0 aromatic carbocycles. The fourth-order valence-electron chi connectivity index (χ4n) is 2.53. The van der Waals surface area contributed by atoms with Crippen LogP contribution >= 0.6 is 0 Å². The van der Waals surface area contributed by atoms with Crippen molar-refractivity contribution in [3.05, 3.63) is 0 Å². The van der Waals surface area contributed by atoms with E-state index in [-0.39, 0.29) is 11.9 Å². The van der Waals surface area contributed by atoms with E-state index in [0.29, 0.717) is 0 Å². The van der Waals surface area contributed by atoms with Gasteiger partial charge in [-0.1, -0.05) is 0 Å². The van der Waals surface area contributed by atoms with Crippen molar-refractivity contribution in [2.24, 2.45) is 0 Å². The molecule has 0 bridgehead atoms. The third-order valence-electron chi connectivity index (χ3n) is 3.84. The molecule has 0 saturated carbocycles. The van der Waals surface area contributed by atoms with Gasteiger partial charge in [-0.05, 0) is 45.6 Å². The van der Waals surface area contributed by atoms with E-state index in [0.717, 1.165) is 50.2 Å². The summed E-state index contributed by atoms with van der Waals surface area (Å²) in [5, 5.41) is 6.44. The molecule has 4 nitrogen and oxygen atoms in total. The fourth-order valence-corrected chi connectivity index (χ4v) is 3.83. The van der Waals surface area contributed by atoms with Gasteiger partial charge in [0.1, 0.15) is 0 Å². The molecule has 1 unspecified atom stereocenters. The Morgan fingerprint density at radius 2 is 2.06 bits per heavy atom. The molecule has 0 aromatic heterocycles. The van der Waals surface area contributed by atoms with Crippen LogP contribution in [0.4, 0.5) is 0 Å². The summed E-state index contributed by atoms with van der Waals surface area (Å²) >= 11 is 0. The highest BCUT2D eigenvalue weighted by atomic mass is 32.2. The highest BCUT2D eigenvalue weighted by Crippen LogP contribution is 2.20. The quantitative estimate of drug-likeness (QED) is 0.760. The zero-order valence-corrected chi connectivity index (χ0v) is 11.3. The Balaban J connectivity index is 1.85. The first-order valence-corrected chi connectivity index (χ1v) is 8.00. The molecule has 2 aliphatic rings. The van der Waals surface area contributed by atoms with Crippen LogP contribution in [0.25, 0.3) is 0 Å². The topological polar surface area (TPSA) is 58.2 Å². The minimum Gasteiger partial charge on any atom is -0.352 e. The van der Waals surface area contributed by atoms with Crippen molar-refractivity contribution < 1.29 is 9.00 Å². The Labute approximate surface area is 105 Å². The first-order chi connectivity index (χ1) is 8.10. The molecule has 1 amide bonds. The molecule has 2 fully saturated rings. The predicted octanol–water partition coefficient (Wildman–Crippen LogP) is 0.546. The van der Waals surface area contributed by atoms with Crippen LogP contribution in [0.2, 0.25) is 0 Å². The van der Waals surface area contributed by atoms with Crippen molar-refractivity contribution in [3.8, 4) is 0 Å². The maximum Gasteiger partial charge on any atom is 0.240 e. The van der Waals surface area contributed by atoms with E-state index < -0.39 is 16.3 Å². The number of hydrogen-bond donors (Lipinski definition) is 2. The van der Waals surface area contributed by atoms with Gasteiger partial charge in [-0.25, -0.2) is 0 Å². The van der Waals surface area contributed by atoms with Crippen LogP contribution in [0.1, 0.15) is 39.0 Å². The molecule has 1 atom stereocenters. The van der Waals surface area contributed by atoms with E-state index in [1.165, 1.54) is 0 Å². The van der Waals surface area contributed by atoms with Crippen LogP contribution in [0, 0.1) is 0 Å². The van der Waals surface area contributed by atoms with Crippen LogP contribution in [0.3, 0.4) is 0 Å². The molecule has 0 aromatic rings. The monoisotopic (exact) mass is 258 g/mol. The van der Waals surface area contributed by atoms with Gasteiger partial charge in [0.15, 0.2) is 0 Å². The molecule has 2 saturated heterocycles. The lowest BCUT2D eigenvalue weighted by Crippen LogP contribution is -2.59. The van der Waals surface area contributed by atoms with Gasteiger partial charge in [0, 0.05) is 28.3 Å². The largest absolute Gasteiger partial charge is 0.352 e. The number of nitrogens with one attached hydrogen (secondary N) is 2. The Hall–Kier alpha value is -0.420. The van der Waals surface area contributed by atoms with Crippen molar-refractivity contribution in [1.29, 1.82) is 0 Å². The van der Waals surface area contributed by atoms with Crippen molar-refractivity contribution in [3.63, 3.8) is 0 Å². The Bertz CT molecular complexity index is 304. The molecule has 5 heteroatoms. The Morgan fingerprint density at radius 3 is 2.65 bits per heavy atom. The van der Waals surface area contributed by atoms with Gasteiger partial charge in [0.05, 0.1) is 5.54 Å². The summed E-state index contributed by atoms with van der Waals surface area (Å²) in [6, 6.07) is 0.223. The van der Waals surface area contributed by atoms with Crippen LogP contribution < -0.4 is 10.6 Å². The SMILES string of the molecule is CC1(C(=O)NC2CCS(=O)CC2)CCCCN1. The highest BCUT2D eigenvalue weighted by molar-refractivity contribution is 7.85. The standard InChI is InChI=1S/C12H22N2O2S/c1-12(6-2-3-7-13-12)11(15)14-10-4-8-17(16)9-5-10/h10,13H,2-9H2,1H3,(H,14,15). The minimum atomic E-state index is -0.658. The van der Waals surface area contributed by atoms with Crippen molar-refractivity contribution in [1.82, 2.24) is 10.6 Å². The normalized spacial score (nSPS) is 38.6. The smallest absolute Gasteiger partial charge is 0.240 e. The molecule has 0 radical (unpaired) electrons. The molecular formula is C12H22N2O2S. The summed E-state index contributed by atoms with van der Waals surface area (Å²) in [6.07, 6.45) is 4.90. The number of carbonyl (C=O) groups excluding carboxylic acids is 1. The van der Waals surface area contributed by atoms with Crippen LogP contribution in [0.5, 0.6) is 0 Å². The maximum absolute atomic E-state index is 12.2. The summed E-state index contributed by atoms with van der Waals surface area (Å²) in [5.74, 6) is 1.58. The van der Waals surface area contributed by atoms with Gasteiger partial charge in [0.25, 0.3) is 0 Å². The number of piperidine rings is 1. The lowest BCUT2D eigenvalue weighted by molar-refractivity contribution is -0.128. The predicted molar refractivity (Wildman–Crippen MR) is 69.3 cm³/mol. The zero-order valence-electron chi connectivity index (χ0n) is 10.5. The van der Waals surface area contributed by atoms with Crippen LogP contribution in [0.15, 0.2) is 0 Å². The third-order valence-corrected chi connectivity index (χ3v) is 5.23. The minimum absolute atomic E-state index is 0.120. The molecule has 2 aliphatic heterocycles. The molecule has 0 spiro atoms. The number of amides is 1. The van der Waals surface area contributed by atoms with Gasteiger partial charge in [0.2, 0.25) is 5.91 Å². The third kappa shape index (κ3) is 3.28. The molecule has 2 heterocycles. The second-order valence-corrected chi connectivity index (χ2v) is 7.01. The summed E-state index contributed by atoms with van der Waals surface area (Å²) in [6.45, 7) is 2.92. The first kappa shape index (κ1) is 13.0. The van der Waals surface area contributed by atoms with E-state index in [4.69, 9.17) is 0 Å². The molecule has 2 N–H and O–H groups in total. The van der Waals surface area contributed by atoms with E-state index in [2.05, 4.69) is 10.6 Å². The second kappa shape index (κ2) is 5.48. The average Bonchev–Trinajstić information content (AvgIpc) is 2.33. The number of hydrogen-bond acceptors (Lipinski definition) is 3. The summed E-state index contributed by atoms with van der Waals surface area (Å²) in [4.78, 5) is 12.2. The van der Waals surface area contributed by atoms with E-state index >= 15 is 0 Å². The number of carbonyl (C=O) groups is 1. The molecule has 98 valence electrons. The average molecular weight is 258 g/mol. The van der Waals surface area contributed by atoms with E-state index in [9.17, 15) is 9.00 Å². The van der Waals surface area contributed by atoms with Crippen molar-refractivity contribution in [2.75, 3.05) is 18.1 Å². The van der Waals surface area contributed by atoms with Gasteiger partial charge in [-0.3, -0.25) is 9.00 Å². The van der Waals surface area contributed by atoms with Gasteiger partial charge in [-0.15, -0.1) is 0 Å². The van der Waals surface area contributed by atoms with Gasteiger partial charge in [-0.2, -0.15) is 0 Å². The molecular weight excluding hydrogens is 236 g/mol. The Morgan fingerprint density at radius 1 is 1.35 bits per heavy atom. The highest BCUT2D eigenvalue weighted by Gasteiger charge is 2.35. The molecule has 17 heavy (non-hydrogen) atoms. The lowest BCUT2D eigenvalue weighted by atomic mass is 9.89. The first-order valence-electron chi connectivity index (χ1n) is 6.51. The van der Waals surface area contributed by atoms with Crippen LogP contribution in [-0.2, 0) is 15.6 Å². The summed E-state index contributed by atoms with van der Waals surface area (Å²) in [5.41, 5.74) is -0.394. The molecule has 0 aliphatic carbocycles. The Kier molecular flexibility index (Phi) is 4.20.